The van der Waals surface area contributed by atoms with Gasteiger partial charge in [-0.2, -0.15) is 149 Å². The number of ketones is 2. The minimum Gasteiger partial charge on any atom is -0.298 e. The summed E-state index contributed by atoms with van der Waals surface area (Å²) in [5.74, 6) is -122. The largest absolute Gasteiger partial charge is 0.460 e. The molecule has 3 atom stereocenters. The number of nitrogens with zero attached hydrogens (tertiary/aromatic N) is 3. The second-order valence-electron chi connectivity index (χ2n) is 36.2. The van der Waals surface area contributed by atoms with E-state index in [-0.39, 0.29) is 44.8 Å². The van der Waals surface area contributed by atoms with E-state index in [0.717, 1.165) is 27.7 Å². The molecule has 0 aromatic carbocycles. The van der Waals surface area contributed by atoms with E-state index in [0.29, 0.717) is 27.7 Å². The molecule has 0 saturated carbocycles. The van der Waals surface area contributed by atoms with E-state index in [1.165, 1.54) is 129 Å². The van der Waals surface area contributed by atoms with Crippen molar-refractivity contribution in [3.05, 3.63) is 90.3 Å². The van der Waals surface area contributed by atoms with Crippen molar-refractivity contribution < 1.29 is 159 Å². The molecule has 658 valence electrons. The molecular weight excluding hydrogens is 1620 g/mol. The summed E-state index contributed by atoms with van der Waals surface area (Å²) < 4.78 is 507. The minimum atomic E-state index is -8.98. The van der Waals surface area contributed by atoms with E-state index in [9.17, 15) is 79.0 Å². The molecule has 5 nitrogen and oxygen atoms in total. The summed E-state index contributed by atoms with van der Waals surface area (Å²) >= 11 is 0. The first-order valence-electron chi connectivity index (χ1n) is 34.4. The Morgan fingerprint density at radius 1 is 0.193 bits per heavy atom. The van der Waals surface area contributed by atoms with Crippen LogP contribution < -0.4 is 0 Å². The zero-order valence-electron chi connectivity index (χ0n) is 66.9. The Morgan fingerprint density at radius 3 is 0.500 bits per heavy atom. The highest BCUT2D eigenvalue weighted by Crippen LogP contribution is 2.78. The Labute approximate surface area is 637 Å². The van der Waals surface area contributed by atoms with Gasteiger partial charge in [-0.1, -0.05) is 205 Å². The van der Waals surface area contributed by atoms with Crippen molar-refractivity contribution in [2.24, 2.45) is 65.0 Å². The molecule has 3 heterocycles. The van der Waals surface area contributed by atoms with Crippen LogP contribution in [0.25, 0.3) is 0 Å². The van der Waals surface area contributed by atoms with Crippen LogP contribution in [0, 0.1) is 65.0 Å². The number of Topliss-reactive ketones (excluding diaryl/α,β-unsaturated/α-hetero) is 2. The summed E-state index contributed by atoms with van der Waals surface area (Å²) in [6.07, 6.45) is -12.2. The van der Waals surface area contributed by atoms with Gasteiger partial charge < -0.3 is 0 Å². The first kappa shape index (κ1) is 103. The molecule has 1 unspecified atom stereocenters. The van der Waals surface area contributed by atoms with Crippen molar-refractivity contribution in [3.63, 3.8) is 0 Å². The third-order valence-corrected chi connectivity index (χ3v) is 29.7. The van der Waals surface area contributed by atoms with E-state index in [4.69, 9.17) is 15.0 Å². The molecule has 0 fully saturated rings. The summed E-state index contributed by atoms with van der Waals surface area (Å²) in [7, 11) is 0. The zero-order valence-corrected chi connectivity index (χ0v) is 66.9. The molecule has 0 N–H and O–H groups in total. The molecule has 3 rings (SSSR count). The van der Waals surface area contributed by atoms with Gasteiger partial charge in [-0.05, 0) is 68.9 Å². The average molecular weight is 1710 g/mol. The SMILES string of the molecule is CC(C)(C(=O)C(C)(C)C(C)(C)C(C)(C)[C@](C)(c1ccccn1)C(C)(C)C(C)(c1ccccn1)C(C)(C)[C@](C)(c1ccccn1)C(C)(C)C(C)(C)C(C)(C)C(=O)C(C)(C)C(C)(C)C(F)(F)C(F)(F)C(F)(F)C(F)(F)C(F)(F)C(F)(F)C(F)(F)C(F)(F)F)C(C)(C)C(F)(F)C(F)(F)C(F)(F)C(F)(F)C(F)(F)C(F)(F)C(F)(F)C(F)(F)F. The van der Waals surface area contributed by atoms with Gasteiger partial charge >= 0.3 is 95.3 Å². The fourth-order valence-corrected chi connectivity index (χ4v) is 16.6. The molecule has 0 spiro atoms. The van der Waals surface area contributed by atoms with Crippen molar-refractivity contribution >= 4 is 11.6 Å². The third kappa shape index (κ3) is 12.1. The van der Waals surface area contributed by atoms with Crippen molar-refractivity contribution in [1.29, 1.82) is 0 Å². The maximum atomic E-state index is 17.0. The molecule has 0 bridgehead atoms. The smallest absolute Gasteiger partial charge is 0.298 e. The lowest BCUT2D eigenvalue weighted by atomic mass is 9.30. The lowest BCUT2D eigenvalue weighted by Gasteiger charge is -2.73. The van der Waals surface area contributed by atoms with E-state index in [1.807, 2.05) is 0 Å². The highest BCUT2D eigenvalue weighted by atomic mass is 19.4. The summed E-state index contributed by atoms with van der Waals surface area (Å²) in [5, 5.41) is 0. The standard InChI is InChI=1S/C75H93F34N3O2/c1-45(2,43(113)47(5,6)51(13,14)60(76,77)62(80,81)64(84,85)66(88,89)68(92,93)70(96,97)72(100,101)74(104,105)106)49(9,10)53(17,18)57(25,40-34-28-31-37-110-40)55(21,22)59(27,42-36-30-33-39-112-42)56(23,24)58(26,41-35-29-32-38-111-41)54(19,20)50(11,12)46(3,4)44(114)48(7,8)52(15,16)61(78,79)63(82,83)65(86,87)67(90,91)69(94,95)71(98,99)73(102,103)75(107,108)109/h28-39H,1-27H3/t57-,58+,59?. The van der Waals surface area contributed by atoms with Gasteiger partial charge in [-0.15, -0.1) is 0 Å². The Morgan fingerprint density at radius 2 is 0.342 bits per heavy atom. The van der Waals surface area contributed by atoms with Crippen LogP contribution in [0.3, 0.4) is 0 Å². The molecule has 0 saturated heterocycles. The minimum absolute atomic E-state index is 0.0211. The quantitative estimate of drug-likeness (QED) is 0.0568. The second-order valence-corrected chi connectivity index (χ2v) is 36.2. The predicted octanol–water partition coefficient (Wildman–Crippen LogP) is 26.5. The van der Waals surface area contributed by atoms with Gasteiger partial charge in [0.2, 0.25) is 0 Å². The molecule has 3 aromatic heterocycles. The van der Waals surface area contributed by atoms with Crippen molar-refractivity contribution in [3.8, 4) is 0 Å². The topological polar surface area (TPSA) is 72.8 Å². The van der Waals surface area contributed by atoms with Crippen LogP contribution in [0.15, 0.2) is 73.2 Å². The number of carbonyl (C=O) groups excluding carboxylic acids is 2. The number of carbonyl (C=O) groups is 2. The van der Waals surface area contributed by atoms with Crippen molar-refractivity contribution in [2.75, 3.05) is 0 Å². The van der Waals surface area contributed by atoms with Crippen LogP contribution in [-0.2, 0) is 25.8 Å². The monoisotopic (exact) mass is 1710 g/mol. The Balaban J connectivity index is 2.62. The predicted molar refractivity (Wildman–Crippen MR) is 352 cm³/mol. The molecule has 0 aliphatic rings. The highest BCUT2D eigenvalue weighted by molar-refractivity contribution is 5.91. The Hall–Kier alpha value is -5.59. The lowest BCUT2D eigenvalue weighted by molar-refractivity contribution is -0.466. The number of aromatic nitrogens is 3. The van der Waals surface area contributed by atoms with Gasteiger partial charge in [0.1, 0.15) is 11.6 Å². The summed E-state index contributed by atoms with van der Waals surface area (Å²) in [6.45, 7) is 26.7. The van der Waals surface area contributed by atoms with Crippen molar-refractivity contribution in [1.82, 2.24) is 15.0 Å². The van der Waals surface area contributed by atoms with E-state index >= 15 is 79.8 Å². The molecule has 39 heteroatoms. The Kier molecular flexibility index (Phi) is 24.7. The first-order chi connectivity index (χ1) is 49.1. The Bertz CT molecular complexity index is 3740. The first-order valence-corrected chi connectivity index (χ1v) is 34.4. The summed E-state index contributed by atoms with van der Waals surface area (Å²) in [4.78, 5) is 46.1. The van der Waals surface area contributed by atoms with E-state index < -0.39 is 188 Å². The van der Waals surface area contributed by atoms with Crippen LogP contribution in [0.5, 0.6) is 0 Å². The summed E-state index contributed by atoms with van der Waals surface area (Å²) in [6, 6.07) is 13.0. The van der Waals surface area contributed by atoms with Gasteiger partial charge in [-0.25, -0.2) is 0 Å². The van der Waals surface area contributed by atoms with E-state index in [1.54, 1.807) is 48.5 Å². The number of hydrogen-bond acceptors (Lipinski definition) is 5. The van der Waals surface area contributed by atoms with Crippen LogP contribution in [-0.4, -0.2) is 122 Å². The van der Waals surface area contributed by atoms with E-state index in [2.05, 4.69) is 0 Å². The molecule has 0 amide bonds. The number of pyridine rings is 3. The van der Waals surface area contributed by atoms with Gasteiger partial charge in [0.25, 0.3) is 0 Å². The number of hydrogen-bond donors (Lipinski definition) is 0. The molecule has 0 radical (unpaired) electrons. The lowest BCUT2D eigenvalue weighted by Crippen LogP contribution is -2.76. The number of rotatable bonds is 33. The van der Waals surface area contributed by atoms with Gasteiger partial charge in [0, 0.05) is 84.4 Å². The fraction of sp³-hybridized carbons (Fsp3) is 0.773. The van der Waals surface area contributed by atoms with Crippen molar-refractivity contribution in [2.45, 2.75) is 298 Å². The van der Waals surface area contributed by atoms with Crippen LogP contribution in [0.2, 0.25) is 0 Å². The molecule has 3 aromatic rings. The molecular formula is C75H93F34N3O2. The van der Waals surface area contributed by atoms with Crippen LogP contribution in [0.4, 0.5) is 149 Å². The number of alkyl halides is 34. The normalized spacial score (nSPS) is 17.4. The maximum Gasteiger partial charge on any atom is 0.460 e. The third-order valence-electron chi connectivity index (χ3n) is 29.7. The molecule has 0 aliphatic carbocycles. The maximum absolute atomic E-state index is 17.0. The second kappa shape index (κ2) is 27.5. The van der Waals surface area contributed by atoms with Gasteiger partial charge in [0.05, 0.1) is 0 Å². The highest BCUT2D eigenvalue weighted by Gasteiger charge is 2.99. The summed E-state index contributed by atoms with van der Waals surface area (Å²) in [5.41, 5.74) is -38.4. The number of halogens is 34. The van der Waals surface area contributed by atoms with Gasteiger partial charge in [0.15, 0.2) is 0 Å². The van der Waals surface area contributed by atoms with Crippen LogP contribution >= 0.6 is 0 Å². The zero-order chi connectivity index (χ0) is 92.0. The molecule has 0 aliphatic heterocycles. The average Bonchev–Trinajstić information content (AvgIpc) is 0.658. The van der Waals surface area contributed by atoms with Gasteiger partial charge in [-0.3, -0.25) is 24.5 Å². The fourth-order valence-electron chi connectivity index (χ4n) is 16.6. The van der Waals surface area contributed by atoms with Crippen LogP contribution in [0.1, 0.15) is 204 Å². The molecule has 114 heavy (non-hydrogen) atoms.